The molecule has 0 saturated heterocycles. The molecule has 0 aliphatic carbocycles. The van der Waals surface area contributed by atoms with Crippen LogP contribution in [0.4, 0.5) is 0 Å². The number of nitrogens with zero attached hydrogens (tertiary/aromatic N) is 2. The van der Waals surface area contributed by atoms with Gasteiger partial charge >= 0.3 is 5.97 Å². The summed E-state index contributed by atoms with van der Waals surface area (Å²) in [5.41, 5.74) is 0. The van der Waals surface area contributed by atoms with Gasteiger partial charge in [-0.15, -0.1) is 5.10 Å². The summed E-state index contributed by atoms with van der Waals surface area (Å²) in [4.78, 5) is 21.3. The second-order valence-corrected chi connectivity index (χ2v) is 3.13. The number of aliphatic carboxylic acids is 1. The van der Waals surface area contributed by atoms with Gasteiger partial charge in [0.1, 0.15) is 6.04 Å². The summed E-state index contributed by atoms with van der Waals surface area (Å²) < 4.78 is 3.58. The van der Waals surface area contributed by atoms with E-state index in [-0.39, 0.29) is 6.42 Å². The van der Waals surface area contributed by atoms with Gasteiger partial charge in [0.2, 0.25) is 6.41 Å². The van der Waals surface area contributed by atoms with Gasteiger partial charge in [-0.25, -0.2) is 4.79 Å². The van der Waals surface area contributed by atoms with E-state index in [4.69, 9.17) is 5.11 Å². The number of nitrogens with one attached hydrogen (secondary N) is 1. The number of carboxylic acids is 1. The van der Waals surface area contributed by atoms with Crippen LogP contribution in [0, 0.1) is 0 Å². The molecule has 1 unspecified atom stereocenters. The van der Waals surface area contributed by atoms with E-state index < -0.39 is 12.0 Å². The van der Waals surface area contributed by atoms with Gasteiger partial charge < -0.3 is 10.4 Å². The molecule has 70 valence electrons. The number of carbonyl (C=O) groups excluding carboxylic acids is 1. The Kier molecular flexibility index (Phi) is 3.32. The van der Waals surface area contributed by atoms with Crippen LogP contribution in [-0.2, 0) is 16.0 Å². The van der Waals surface area contributed by atoms with Crippen molar-refractivity contribution in [3.05, 3.63) is 11.1 Å². The maximum atomic E-state index is 10.6. The predicted octanol–water partition coefficient (Wildman–Crippen LogP) is -0.720. The quantitative estimate of drug-likeness (QED) is 0.613. The van der Waals surface area contributed by atoms with Crippen LogP contribution in [0.15, 0.2) is 6.20 Å². The maximum absolute atomic E-state index is 10.6. The highest BCUT2D eigenvalue weighted by molar-refractivity contribution is 7.05. The third-order valence-electron chi connectivity index (χ3n) is 1.38. The predicted molar refractivity (Wildman–Crippen MR) is 44.2 cm³/mol. The Balaban J connectivity index is 2.57. The fraction of sp³-hybridized carbons (Fsp3) is 0.333. The first-order valence-electron chi connectivity index (χ1n) is 3.42. The van der Waals surface area contributed by atoms with Crippen LogP contribution in [0.2, 0.25) is 0 Å². The summed E-state index contributed by atoms with van der Waals surface area (Å²) in [7, 11) is 0. The van der Waals surface area contributed by atoms with Crippen LogP contribution in [-0.4, -0.2) is 33.1 Å². The lowest BCUT2D eigenvalue weighted by molar-refractivity contribution is -0.140. The average molecular weight is 201 g/mol. The summed E-state index contributed by atoms with van der Waals surface area (Å²) in [6, 6.07) is -0.903. The Hall–Kier alpha value is -1.50. The van der Waals surface area contributed by atoms with Crippen molar-refractivity contribution in [1.82, 2.24) is 14.9 Å². The molecule has 0 bridgehead atoms. The first kappa shape index (κ1) is 9.59. The summed E-state index contributed by atoms with van der Waals surface area (Å²) >= 11 is 1.11. The molecule has 0 aliphatic rings. The normalized spacial score (nSPS) is 12.0. The van der Waals surface area contributed by atoms with Crippen LogP contribution in [0.25, 0.3) is 0 Å². The Bertz CT molecular complexity index is 287. The molecule has 0 spiro atoms. The standard InChI is InChI=1S/C6H7N3O3S/c10-3-7-5(6(11)12)1-4-2-8-9-13-4/h2-3,5H,1H2,(H,7,10)(H,11,12). The number of carboxylic acid groups (broad SMARTS) is 1. The molecular formula is C6H7N3O3S. The average Bonchev–Trinajstić information content (AvgIpc) is 2.56. The third-order valence-corrected chi connectivity index (χ3v) is 2.06. The Morgan fingerprint density at radius 1 is 1.85 bits per heavy atom. The van der Waals surface area contributed by atoms with Crippen molar-refractivity contribution in [3.63, 3.8) is 0 Å². The van der Waals surface area contributed by atoms with E-state index in [1.807, 2.05) is 0 Å². The molecule has 0 radical (unpaired) electrons. The van der Waals surface area contributed by atoms with Gasteiger partial charge in [0, 0.05) is 11.3 Å². The second-order valence-electron chi connectivity index (χ2n) is 2.26. The molecule has 0 aromatic carbocycles. The second kappa shape index (κ2) is 4.51. The molecule has 1 rings (SSSR count). The van der Waals surface area contributed by atoms with Gasteiger partial charge in [-0.1, -0.05) is 4.49 Å². The number of hydrogen-bond acceptors (Lipinski definition) is 5. The molecular weight excluding hydrogens is 194 g/mol. The maximum Gasteiger partial charge on any atom is 0.326 e. The van der Waals surface area contributed by atoms with Crippen LogP contribution in [0.5, 0.6) is 0 Å². The van der Waals surface area contributed by atoms with E-state index in [0.29, 0.717) is 6.41 Å². The monoisotopic (exact) mass is 201 g/mol. The molecule has 6 nitrogen and oxygen atoms in total. The van der Waals surface area contributed by atoms with Gasteiger partial charge in [0.25, 0.3) is 0 Å². The fourth-order valence-electron chi connectivity index (χ4n) is 0.778. The van der Waals surface area contributed by atoms with Crippen molar-refractivity contribution in [1.29, 1.82) is 0 Å². The molecule has 7 heteroatoms. The molecule has 13 heavy (non-hydrogen) atoms. The Morgan fingerprint density at radius 2 is 2.62 bits per heavy atom. The summed E-state index contributed by atoms with van der Waals surface area (Å²) in [6.45, 7) is 0. The van der Waals surface area contributed by atoms with Gasteiger partial charge in [0.05, 0.1) is 6.20 Å². The summed E-state index contributed by atoms with van der Waals surface area (Å²) in [5.74, 6) is -1.07. The molecule has 1 aromatic rings. The molecule has 1 atom stereocenters. The minimum Gasteiger partial charge on any atom is -0.480 e. The van der Waals surface area contributed by atoms with Crippen molar-refractivity contribution in [2.24, 2.45) is 0 Å². The smallest absolute Gasteiger partial charge is 0.326 e. The number of rotatable bonds is 5. The highest BCUT2D eigenvalue weighted by Crippen LogP contribution is 2.05. The topological polar surface area (TPSA) is 92.2 Å². The molecule has 2 N–H and O–H groups in total. The van der Waals surface area contributed by atoms with Gasteiger partial charge in [-0.3, -0.25) is 4.79 Å². The van der Waals surface area contributed by atoms with Crippen molar-refractivity contribution in [2.45, 2.75) is 12.5 Å². The highest BCUT2D eigenvalue weighted by Gasteiger charge is 2.17. The Morgan fingerprint density at radius 3 is 3.08 bits per heavy atom. The zero-order chi connectivity index (χ0) is 9.68. The zero-order valence-electron chi connectivity index (χ0n) is 6.51. The van der Waals surface area contributed by atoms with E-state index in [9.17, 15) is 9.59 Å². The minimum atomic E-state index is -1.07. The third kappa shape index (κ3) is 2.79. The molecule has 0 saturated carbocycles. The molecule has 0 aliphatic heterocycles. The first-order valence-corrected chi connectivity index (χ1v) is 4.20. The van der Waals surface area contributed by atoms with Crippen LogP contribution in [0.1, 0.15) is 4.88 Å². The number of carbonyl (C=O) groups is 2. The first-order chi connectivity index (χ1) is 6.24. The van der Waals surface area contributed by atoms with E-state index >= 15 is 0 Å². The SMILES string of the molecule is O=CNC(Cc1cnns1)C(=O)O. The van der Waals surface area contributed by atoms with Crippen molar-refractivity contribution in [2.75, 3.05) is 0 Å². The van der Waals surface area contributed by atoms with E-state index in [2.05, 4.69) is 14.9 Å². The number of aromatic nitrogens is 2. The lowest BCUT2D eigenvalue weighted by Crippen LogP contribution is -2.37. The molecule has 1 heterocycles. The van der Waals surface area contributed by atoms with E-state index in [1.165, 1.54) is 6.20 Å². The van der Waals surface area contributed by atoms with Gasteiger partial charge in [0.15, 0.2) is 0 Å². The van der Waals surface area contributed by atoms with Gasteiger partial charge in [-0.05, 0) is 11.5 Å². The van der Waals surface area contributed by atoms with E-state index in [0.717, 1.165) is 16.4 Å². The van der Waals surface area contributed by atoms with Crippen LogP contribution < -0.4 is 5.32 Å². The summed E-state index contributed by atoms with van der Waals surface area (Å²) in [6.07, 6.45) is 2.06. The van der Waals surface area contributed by atoms with Crippen molar-refractivity contribution in [3.8, 4) is 0 Å². The Labute approximate surface area is 77.7 Å². The van der Waals surface area contributed by atoms with Crippen LogP contribution >= 0.6 is 11.5 Å². The lowest BCUT2D eigenvalue weighted by atomic mass is 10.2. The number of hydrogen-bond donors (Lipinski definition) is 2. The minimum absolute atomic E-state index is 0.214. The van der Waals surface area contributed by atoms with Crippen LogP contribution in [0.3, 0.4) is 0 Å². The highest BCUT2D eigenvalue weighted by atomic mass is 32.1. The van der Waals surface area contributed by atoms with Crippen molar-refractivity contribution >= 4 is 23.9 Å². The molecule has 1 amide bonds. The zero-order valence-corrected chi connectivity index (χ0v) is 7.32. The molecule has 0 fully saturated rings. The summed E-state index contributed by atoms with van der Waals surface area (Å²) in [5, 5.41) is 14.4. The fourth-order valence-corrected chi connectivity index (χ4v) is 1.31. The van der Waals surface area contributed by atoms with E-state index in [1.54, 1.807) is 0 Å². The largest absolute Gasteiger partial charge is 0.480 e. The van der Waals surface area contributed by atoms with Gasteiger partial charge in [-0.2, -0.15) is 0 Å². The number of amides is 1. The molecule has 1 aromatic heterocycles. The lowest BCUT2D eigenvalue weighted by Gasteiger charge is -2.07. The van der Waals surface area contributed by atoms with Crippen molar-refractivity contribution < 1.29 is 14.7 Å².